The molecule has 1 amide bonds. The largest absolute Gasteiger partial charge is 0.444 e. The first-order valence-corrected chi connectivity index (χ1v) is 15.3. The molecule has 2 aliphatic rings. The Kier molecular flexibility index (Phi) is 8.58. The Bertz CT molecular complexity index is 1090. The predicted octanol–water partition coefficient (Wildman–Crippen LogP) is 5.91. The highest BCUT2D eigenvalue weighted by Crippen LogP contribution is 2.43. The number of hydrogen-bond acceptors (Lipinski definition) is 6. The van der Waals surface area contributed by atoms with Gasteiger partial charge in [0.15, 0.2) is 0 Å². The standard InChI is InChI=1S/C29H49N3O5S/c1-26(2,3)36-25(33)32-19-20(16-27(32,4)5)13-14-24(21-17-28(6,7)37-29(8,9)18-21)31-22-11-10-12-23(15-22)38(30,34)35/h10-12,15,20-21,24,31H,13-14,16-19H2,1-9H3,(H2,30,34,35)/t20-,24?/m0/s1. The summed E-state index contributed by atoms with van der Waals surface area (Å²) >= 11 is 0. The summed E-state index contributed by atoms with van der Waals surface area (Å²) in [5, 5.41) is 9.06. The summed E-state index contributed by atoms with van der Waals surface area (Å²) in [4.78, 5) is 14.9. The first-order chi connectivity index (χ1) is 17.2. The molecule has 2 heterocycles. The van der Waals surface area contributed by atoms with Gasteiger partial charge >= 0.3 is 6.09 Å². The van der Waals surface area contributed by atoms with Crippen LogP contribution in [0.4, 0.5) is 10.5 Å². The highest BCUT2D eigenvalue weighted by atomic mass is 32.2. The number of likely N-dealkylation sites (tertiary alicyclic amines) is 1. The number of ether oxygens (including phenoxy) is 2. The maximum absolute atomic E-state index is 12.9. The third kappa shape index (κ3) is 8.33. The molecule has 2 fully saturated rings. The number of nitrogens with one attached hydrogen (secondary N) is 1. The van der Waals surface area contributed by atoms with Gasteiger partial charge in [0, 0.05) is 23.8 Å². The van der Waals surface area contributed by atoms with E-state index in [1.807, 2.05) is 31.7 Å². The van der Waals surface area contributed by atoms with E-state index in [9.17, 15) is 13.2 Å². The fraction of sp³-hybridized carbons (Fsp3) is 0.759. The van der Waals surface area contributed by atoms with Gasteiger partial charge in [0.25, 0.3) is 0 Å². The summed E-state index contributed by atoms with van der Waals surface area (Å²) in [6.07, 6.45) is 4.26. The number of benzene rings is 1. The van der Waals surface area contributed by atoms with E-state index in [4.69, 9.17) is 14.6 Å². The average molecular weight is 552 g/mol. The van der Waals surface area contributed by atoms with Crippen LogP contribution in [0.3, 0.4) is 0 Å². The molecule has 3 rings (SSSR count). The lowest BCUT2D eigenvalue weighted by atomic mass is 9.75. The Morgan fingerprint density at radius 1 is 1.13 bits per heavy atom. The normalized spacial score (nSPS) is 24.2. The fourth-order valence-corrected chi connectivity index (χ4v) is 7.05. The lowest BCUT2D eigenvalue weighted by molar-refractivity contribution is -0.174. The molecule has 8 nitrogen and oxygen atoms in total. The maximum atomic E-state index is 12.9. The van der Waals surface area contributed by atoms with Crippen molar-refractivity contribution in [3.05, 3.63) is 24.3 Å². The van der Waals surface area contributed by atoms with Crippen LogP contribution in [-0.4, -0.2) is 54.3 Å². The molecule has 3 N–H and O–H groups in total. The van der Waals surface area contributed by atoms with Gasteiger partial charge in [-0.2, -0.15) is 0 Å². The molecule has 0 radical (unpaired) electrons. The molecule has 2 atom stereocenters. The predicted molar refractivity (Wildman–Crippen MR) is 152 cm³/mol. The van der Waals surface area contributed by atoms with Crippen molar-refractivity contribution < 1.29 is 22.7 Å². The quantitative estimate of drug-likeness (QED) is 0.436. The van der Waals surface area contributed by atoms with Crippen LogP contribution in [0.1, 0.15) is 94.4 Å². The van der Waals surface area contributed by atoms with Crippen molar-refractivity contribution in [1.29, 1.82) is 0 Å². The van der Waals surface area contributed by atoms with E-state index in [1.54, 1.807) is 12.1 Å². The van der Waals surface area contributed by atoms with Crippen molar-refractivity contribution >= 4 is 21.8 Å². The Labute approximate surface area is 230 Å². The molecular formula is C29H49N3O5S. The van der Waals surface area contributed by atoms with Crippen LogP contribution in [0, 0.1) is 11.8 Å². The Balaban J connectivity index is 1.80. The average Bonchev–Trinajstić information content (AvgIpc) is 3.01. The van der Waals surface area contributed by atoms with E-state index in [1.165, 1.54) is 6.07 Å². The van der Waals surface area contributed by atoms with Crippen LogP contribution in [0.25, 0.3) is 0 Å². The number of anilines is 1. The zero-order valence-corrected chi connectivity index (χ0v) is 25.6. The summed E-state index contributed by atoms with van der Waals surface area (Å²) in [7, 11) is -3.80. The number of amides is 1. The first-order valence-electron chi connectivity index (χ1n) is 13.8. The van der Waals surface area contributed by atoms with Gasteiger partial charge < -0.3 is 19.7 Å². The van der Waals surface area contributed by atoms with E-state index in [0.717, 1.165) is 37.8 Å². The van der Waals surface area contributed by atoms with Gasteiger partial charge in [-0.25, -0.2) is 18.4 Å². The number of primary sulfonamides is 1. The van der Waals surface area contributed by atoms with E-state index in [2.05, 4.69) is 46.9 Å². The topological polar surface area (TPSA) is 111 Å². The number of carbonyl (C=O) groups is 1. The van der Waals surface area contributed by atoms with Crippen molar-refractivity contribution in [2.45, 2.75) is 128 Å². The van der Waals surface area contributed by atoms with Crippen LogP contribution >= 0.6 is 0 Å². The van der Waals surface area contributed by atoms with Crippen molar-refractivity contribution in [3.8, 4) is 0 Å². The highest BCUT2D eigenvalue weighted by Gasteiger charge is 2.45. The number of rotatable bonds is 7. The number of hydrogen-bond donors (Lipinski definition) is 2. The minimum absolute atomic E-state index is 0.0967. The van der Waals surface area contributed by atoms with Crippen molar-refractivity contribution in [2.75, 3.05) is 11.9 Å². The number of nitrogens with zero attached hydrogens (tertiary/aromatic N) is 1. The molecule has 1 unspecified atom stereocenters. The summed E-state index contributed by atoms with van der Waals surface area (Å²) in [5.74, 6) is 0.668. The number of nitrogens with two attached hydrogens (primary N) is 1. The molecular weight excluding hydrogens is 502 g/mol. The second-order valence-corrected chi connectivity index (χ2v) is 15.7. The molecule has 0 aliphatic carbocycles. The lowest BCUT2D eigenvalue weighted by Gasteiger charge is -2.48. The monoisotopic (exact) mass is 551 g/mol. The minimum atomic E-state index is -3.80. The van der Waals surface area contributed by atoms with E-state index < -0.39 is 15.6 Å². The summed E-state index contributed by atoms with van der Waals surface area (Å²) in [6.45, 7) is 19.1. The van der Waals surface area contributed by atoms with Crippen LogP contribution in [-0.2, 0) is 19.5 Å². The number of sulfonamides is 1. The zero-order chi connectivity index (χ0) is 28.7. The van der Waals surface area contributed by atoms with Crippen molar-refractivity contribution in [1.82, 2.24) is 4.90 Å². The molecule has 0 bridgehead atoms. The second kappa shape index (κ2) is 10.6. The molecule has 0 aromatic heterocycles. The van der Waals surface area contributed by atoms with E-state index in [0.29, 0.717) is 18.4 Å². The summed E-state index contributed by atoms with van der Waals surface area (Å²) < 4.78 is 36.0. The van der Waals surface area contributed by atoms with Gasteiger partial charge in [0.2, 0.25) is 10.0 Å². The van der Waals surface area contributed by atoms with Crippen LogP contribution in [0.5, 0.6) is 0 Å². The SMILES string of the molecule is CC(C)(C)OC(=O)N1C[C@@H](CCC(Nc2cccc(S(N)(=O)=O)c2)C2CC(C)(C)OC(C)(C)C2)CC1(C)C. The van der Waals surface area contributed by atoms with Gasteiger partial charge in [-0.1, -0.05) is 6.07 Å². The molecule has 1 aromatic rings. The molecule has 1 aromatic carbocycles. The molecule has 2 aliphatic heterocycles. The highest BCUT2D eigenvalue weighted by molar-refractivity contribution is 7.89. The molecule has 2 saturated heterocycles. The summed E-state index contributed by atoms with van der Waals surface area (Å²) in [6, 6.07) is 6.84. The fourth-order valence-electron chi connectivity index (χ4n) is 6.49. The Morgan fingerprint density at radius 3 is 2.29 bits per heavy atom. The molecule has 0 saturated carbocycles. The van der Waals surface area contributed by atoms with Gasteiger partial charge in [0.05, 0.1) is 16.1 Å². The van der Waals surface area contributed by atoms with Gasteiger partial charge in [-0.05, 0) is 124 Å². The van der Waals surface area contributed by atoms with Gasteiger partial charge in [-0.15, -0.1) is 0 Å². The number of carbonyl (C=O) groups excluding carboxylic acids is 1. The third-order valence-electron chi connectivity index (χ3n) is 7.60. The molecule has 38 heavy (non-hydrogen) atoms. The van der Waals surface area contributed by atoms with E-state index in [-0.39, 0.29) is 33.8 Å². The molecule has 216 valence electrons. The van der Waals surface area contributed by atoms with Crippen molar-refractivity contribution in [2.24, 2.45) is 17.0 Å². The summed E-state index contributed by atoms with van der Waals surface area (Å²) in [5.41, 5.74) is -0.600. The van der Waals surface area contributed by atoms with Gasteiger partial charge in [-0.3, -0.25) is 0 Å². The lowest BCUT2D eigenvalue weighted by Crippen LogP contribution is -2.49. The first kappa shape index (κ1) is 30.7. The zero-order valence-electron chi connectivity index (χ0n) is 24.8. The smallest absolute Gasteiger partial charge is 0.410 e. The van der Waals surface area contributed by atoms with E-state index >= 15 is 0 Å². The third-order valence-corrected chi connectivity index (χ3v) is 8.51. The van der Waals surface area contributed by atoms with Crippen LogP contribution < -0.4 is 10.5 Å². The maximum Gasteiger partial charge on any atom is 0.410 e. The second-order valence-electron chi connectivity index (χ2n) is 14.2. The molecule has 0 spiro atoms. The van der Waals surface area contributed by atoms with Crippen LogP contribution in [0.15, 0.2) is 29.2 Å². The van der Waals surface area contributed by atoms with Gasteiger partial charge in [0.1, 0.15) is 5.60 Å². The molecule has 9 heteroatoms. The Morgan fingerprint density at radius 2 is 1.74 bits per heavy atom. The van der Waals surface area contributed by atoms with Crippen LogP contribution in [0.2, 0.25) is 0 Å². The minimum Gasteiger partial charge on any atom is -0.444 e. The van der Waals surface area contributed by atoms with Crippen molar-refractivity contribution in [3.63, 3.8) is 0 Å². The Hall–Kier alpha value is -1.84.